The van der Waals surface area contributed by atoms with Crippen LogP contribution in [0.15, 0.2) is 0 Å². The van der Waals surface area contributed by atoms with Crippen molar-refractivity contribution in [3.8, 4) is 0 Å². The number of carbonyl (C=O) groups is 2. The van der Waals surface area contributed by atoms with E-state index in [1.54, 1.807) is 20.8 Å². The Kier molecular flexibility index (Phi) is 5.56. The van der Waals surface area contributed by atoms with Crippen LogP contribution in [0.4, 0.5) is 3.89 Å². The molecule has 1 unspecified atom stereocenters. The first kappa shape index (κ1) is 18.8. The second-order valence-electron chi connectivity index (χ2n) is 6.54. The predicted molar refractivity (Wildman–Crippen MR) is 76.4 cm³/mol. The van der Waals surface area contributed by atoms with E-state index in [0.717, 1.165) is 4.90 Å². The van der Waals surface area contributed by atoms with E-state index in [-0.39, 0.29) is 13.0 Å². The summed E-state index contributed by atoms with van der Waals surface area (Å²) >= 11 is 0. The van der Waals surface area contributed by atoms with Crippen LogP contribution in [0.1, 0.15) is 34.1 Å². The maximum absolute atomic E-state index is 12.7. The van der Waals surface area contributed by atoms with Gasteiger partial charge in [-0.25, -0.2) is 4.79 Å². The van der Waals surface area contributed by atoms with Gasteiger partial charge in [-0.15, -0.1) is 3.89 Å². The number of nitrogens with zero attached hydrogens (tertiary/aromatic N) is 1. The maximum atomic E-state index is 12.7. The second kappa shape index (κ2) is 6.49. The summed E-state index contributed by atoms with van der Waals surface area (Å²) in [7, 11) is -4.71. The summed E-state index contributed by atoms with van der Waals surface area (Å²) in [5.74, 6) is -3.28. The van der Waals surface area contributed by atoms with Gasteiger partial charge in [0.15, 0.2) is 6.04 Å². The lowest BCUT2D eigenvalue weighted by atomic mass is 10.1. The number of rotatable bonds is 6. The molecule has 1 rings (SSSR count). The third kappa shape index (κ3) is 5.53. The SMILES string of the molecule is C[C@H](OC(C)(C)C)[C@H](C(=O)O)N1CC(CS(=O)(=O)F)CC1=O. The molecule has 1 amide bonds. The number of halogens is 1. The van der Waals surface area contributed by atoms with Gasteiger partial charge in [0.1, 0.15) is 0 Å². The van der Waals surface area contributed by atoms with Gasteiger partial charge in [0.2, 0.25) is 5.91 Å². The van der Waals surface area contributed by atoms with Gasteiger partial charge in [0, 0.05) is 18.9 Å². The number of aliphatic carboxylic acids is 1. The third-order valence-electron chi connectivity index (χ3n) is 3.25. The molecule has 0 saturated carbocycles. The number of hydrogen-bond donors (Lipinski definition) is 1. The Morgan fingerprint density at radius 3 is 2.45 bits per heavy atom. The number of likely N-dealkylation sites (tertiary alicyclic amines) is 1. The van der Waals surface area contributed by atoms with Crippen LogP contribution in [-0.2, 0) is 24.5 Å². The average molecular weight is 339 g/mol. The molecule has 0 radical (unpaired) electrons. The van der Waals surface area contributed by atoms with Gasteiger partial charge in [0.05, 0.1) is 17.5 Å². The summed E-state index contributed by atoms with van der Waals surface area (Å²) in [5.41, 5.74) is -0.600. The van der Waals surface area contributed by atoms with Crippen LogP contribution in [0.3, 0.4) is 0 Å². The molecule has 1 saturated heterocycles. The molecule has 1 fully saturated rings. The lowest BCUT2D eigenvalue weighted by molar-refractivity contribution is -0.160. The third-order valence-corrected chi connectivity index (χ3v) is 4.12. The molecule has 1 N–H and O–H groups in total. The fraction of sp³-hybridized carbons (Fsp3) is 0.846. The number of carbonyl (C=O) groups excluding carboxylic acids is 1. The average Bonchev–Trinajstić information content (AvgIpc) is 2.53. The first-order chi connectivity index (χ1) is 9.80. The standard InChI is InChI=1S/C13H22FNO6S/c1-8(21-13(2,3)4)11(12(17)18)15-6-9(5-10(15)16)7-22(14,19)20/h8-9,11H,5-7H2,1-4H3,(H,17,18)/t8-,9?,11+/m0/s1. The minimum absolute atomic E-state index is 0.114. The summed E-state index contributed by atoms with van der Waals surface area (Å²) < 4.78 is 39.7. The lowest BCUT2D eigenvalue weighted by Gasteiger charge is -2.33. The monoisotopic (exact) mass is 339 g/mol. The van der Waals surface area contributed by atoms with Gasteiger partial charge in [-0.3, -0.25) is 4.79 Å². The van der Waals surface area contributed by atoms with Crippen molar-refractivity contribution in [2.45, 2.75) is 51.9 Å². The number of carboxylic acids is 1. The van der Waals surface area contributed by atoms with E-state index in [1.807, 2.05) is 0 Å². The van der Waals surface area contributed by atoms with Crippen molar-refractivity contribution in [3.05, 3.63) is 0 Å². The van der Waals surface area contributed by atoms with Crippen LogP contribution in [0.2, 0.25) is 0 Å². The molecule has 22 heavy (non-hydrogen) atoms. The van der Waals surface area contributed by atoms with Gasteiger partial charge >= 0.3 is 16.2 Å². The molecule has 9 heteroatoms. The molecule has 0 aromatic rings. The Morgan fingerprint density at radius 2 is 2.05 bits per heavy atom. The Labute approximate surface area is 129 Å². The zero-order chi connectivity index (χ0) is 17.3. The molecule has 1 heterocycles. The summed E-state index contributed by atoms with van der Waals surface area (Å²) in [5, 5.41) is 9.37. The Balaban J connectivity index is 2.89. The van der Waals surface area contributed by atoms with Crippen molar-refractivity contribution in [1.29, 1.82) is 0 Å². The molecular weight excluding hydrogens is 317 g/mol. The molecule has 7 nitrogen and oxygen atoms in total. The maximum Gasteiger partial charge on any atom is 0.329 e. The van der Waals surface area contributed by atoms with Crippen LogP contribution < -0.4 is 0 Å². The molecular formula is C13H22FNO6S. The normalized spacial score (nSPS) is 22.7. The number of carboxylic acid groups (broad SMARTS) is 1. The number of amides is 1. The van der Waals surface area contributed by atoms with Crippen LogP contribution >= 0.6 is 0 Å². The fourth-order valence-corrected chi connectivity index (χ4v) is 3.47. The van der Waals surface area contributed by atoms with E-state index in [4.69, 9.17) is 4.74 Å². The fourth-order valence-electron chi connectivity index (χ4n) is 2.68. The molecule has 0 aromatic carbocycles. The van der Waals surface area contributed by atoms with E-state index in [9.17, 15) is 27.0 Å². The van der Waals surface area contributed by atoms with Gasteiger partial charge in [-0.2, -0.15) is 8.42 Å². The number of ether oxygens (including phenoxy) is 1. The molecule has 0 aliphatic carbocycles. The van der Waals surface area contributed by atoms with E-state index >= 15 is 0 Å². The zero-order valence-electron chi connectivity index (χ0n) is 13.1. The molecule has 128 valence electrons. The van der Waals surface area contributed by atoms with Gasteiger partial charge < -0.3 is 14.7 Å². The van der Waals surface area contributed by atoms with Crippen molar-refractivity contribution < 1.29 is 31.7 Å². The quantitative estimate of drug-likeness (QED) is 0.718. The molecule has 1 aliphatic heterocycles. The second-order valence-corrected chi connectivity index (χ2v) is 7.95. The minimum Gasteiger partial charge on any atom is -0.480 e. The van der Waals surface area contributed by atoms with Crippen molar-refractivity contribution >= 4 is 22.1 Å². The van der Waals surface area contributed by atoms with Gasteiger partial charge in [0.25, 0.3) is 0 Å². The molecule has 0 bridgehead atoms. The largest absolute Gasteiger partial charge is 0.480 e. The molecule has 3 atom stereocenters. The Hall–Kier alpha value is -1.22. The molecule has 1 aliphatic rings. The van der Waals surface area contributed by atoms with Crippen molar-refractivity contribution in [3.63, 3.8) is 0 Å². The van der Waals surface area contributed by atoms with Crippen molar-refractivity contribution in [2.75, 3.05) is 12.3 Å². The first-order valence-electron chi connectivity index (χ1n) is 6.92. The lowest BCUT2D eigenvalue weighted by Crippen LogP contribution is -2.51. The van der Waals surface area contributed by atoms with Crippen LogP contribution in [0.5, 0.6) is 0 Å². The van der Waals surface area contributed by atoms with Crippen molar-refractivity contribution in [2.24, 2.45) is 5.92 Å². The van der Waals surface area contributed by atoms with Crippen molar-refractivity contribution in [1.82, 2.24) is 4.90 Å². The van der Waals surface area contributed by atoms with Gasteiger partial charge in [-0.05, 0) is 27.7 Å². The van der Waals surface area contributed by atoms with E-state index in [0.29, 0.717) is 0 Å². The highest BCUT2D eigenvalue weighted by molar-refractivity contribution is 7.86. The smallest absolute Gasteiger partial charge is 0.329 e. The van der Waals surface area contributed by atoms with Crippen LogP contribution in [0, 0.1) is 5.92 Å². The minimum atomic E-state index is -4.71. The van der Waals surface area contributed by atoms with Crippen LogP contribution in [-0.4, -0.2) is 60.3 Å². The van der Waals surface area contributed by atoms with E-state index in [1.165, 1.54) is 6.92 Å². The highest BCUT2D eigenvalue weighted by Crippen LogP contribution is 2.26. The van der Waals surface area contributed by atoms with Gasteiger partial charge in [-0.1, -0.05) is 0 Å². The molecule has 0 spiro atoms. The highest BCUT2D eigenvalue weighted by atomic mass is 32.3. The topological polar surface area (TPSA) is 101 Å². The summed E-state index contributed by atoms with van der Waals surface area (Å²) in [6, 6.07) is -1.24. The van der Waals surface area contributed by atoms with E-state index < -0.39 is 51.5 Å². The summed E-state index contributed by atoms with van der Waals surface area (Å²) in [6.07, 6.45) is -0.975. The summed E-state index contributed by atoms with van der Waals surface area (Å²) in [6.45, 7) is 6.69. The van der Waals surface area contributed by atoms with E-state index in [2.05, 4.69) is 0 Å². The first-order valence-corrected chi connectivity index (χ1v) is 8.48. The summed E-state index contributed by atoms with van der Waals surface area (Å²) in [4.78, 5) is 24.5. The number of hydrogen-bond acceptors (Lipinski definition) is 5. The van der Waals surface area contributed by atoms with Crippen LogP contribution in [0.25, 0.3) is 0 Å². The molecule has 0 aromatic heterocycles. The highest BCUT2D eigenvalue weighted by Gasteiger charge is 2.42. The Morgan fingerprint density at radius 1 is 1.50 bits per heavy atom. The zero-order valence-corrected chi connectivity index (χ0v) is 13.9. The predicted octanol–water partition coefficient (Wildman–Crippen LogP) is 0.791. The Bertz CT molecular complexity index is 541.